The lowest BCUT2D eigenvalue weighted by molar-refractivity contribution is -0.129. The van der Waals surface area contributed by atoms with Gasteiger partial charge in [-0.3, -0.25) is 4.79 Å². The van der Waals surface area contributed by atoms with E-state index in [2.05, 4.69) is 12.2 Å². The first kappa shape index (κ1) is 17.3. The SMILES string of the molecule is CC1CCCC(OCC(=O)NC(CO)c2ccc(Cl)cc2)C1. The van der Waals surface area contributed by atoms with Crippen LogP contribution in [-0.4, -0.2) is 30.3 Å². The summed E-state index contributed by atoms with van der Waals surface area (Å²) in [7, 11) is 0. The molecule has 3 unspecified atom stereocenters. The summed E-state index contributed by atoms with van der Waals surface area (Å²) in [5, 5.41) is 12.9. The second-order valence-corrected chi connectivity index (χ2v) is 6.50. The van der Waals surface area contributed by atoms with Gasteiger partial charge in [0, 0.05) is 5.02 Å². The van der Waals surface area contributed by atoms with Crippen molar-refractivity contribution in [1.29, 1.82) is 0 Å². The Morgan fingerprint density at radius 2 is 2.14 bits per heavy atom. The zero-order chi connectivity index (χ0) is 15.9. The number of rotatable bonds is 6. The Bertz CT molecular complexity index is 477. The Morgan fingerprint density at radius 1 is 1.41 bits per heavy atom. The second-order valence-electron chi connectivity index (χ2n) is 6.06. The maximum absolute atomic E-state index is 12.0. The van der Waals surface area contributed by atoms with Crippen LogP contribution in [0, 0.1) is 5.92 Å². The first-order chi connectivity index (χ1) is 10.6. The lowest BCUT2D eigenvalue weighted by atomic mass is 9.89. The molecule has 0 bridgehead atoms. The van der Waals surface area contributed by atoms with Gasteiger partial charge in [-0.25, -0.2) is 0 Å². The molecule has 1 fully saturated rings. The predicted molar refractivity (Wildman–Crippen MR) is 86.8 cm³/mol. The van der Waals surface area contributed by atoms with Crippen LogP contribution < -0.4 is 5.32 Å². The summed E-state index contributed by atoms with van der Waals surface area (Å²) >= 11 is 5.84. The number of carbonyl (C=O) groups is 1. The van der Waals surface area contributed by atoms with Crippen LogP contribution in [0.1, 0.15) is 44.2 Å². The molecule has 0 aromatic heterocycles. The number of carbonyl (C=O) groups excluding carboxylic acids is 1. The summed E-state index contributed by atoms with van der Waals surface area (Å²) in [6.45, 7) is 2.10. The number of halogens is 1. The average molecular weight is 326 g/mol. The first-order valence-electron chi connectivity index (χ1n) is 7.85. The van der Waals surface area contributed by atoms with Crippen molar-refractivity contribution in [1.82, 2.24) is 5.32 Å². The molecule has 2 N–H and O–H groups in total. The van der Waals surface area contributed by atoms with E-state index in [1.165, 1.54) is 6.42 Å². The molecule has 3 atom stereocenters. The number of aliphatic hydroxyl groups excluding tert-OH is 1. The summed E-state index contributed by atoms with van der Waals surface area (Å²) < 4.78 is 5.70. The highest BCUT2D eigenvalue weighted by atomic mass is 35.5. The minimum Gasteiger partial charge on any atom is -0.394 e. The average Bonchev–Trinajstić information content (AvgIpc) is 2.52. The zero-order valence-electron chi connectivity index (χ0n) is 12.9. The van der Waals surface area contributed by atoms with Crippen LogP contribution >= 0.6 is 11.6 Å². The molecule has 1 aliphatic carbocycles. The number of benzene rings is 1. The Morgan fingerprint density at radius 3 is 2.77 bits per heavy atom. The summed E-state index contributed by atoms with van der Waals surface area (Å²) in [6, 6.07) is 6.65. The maximum Gasteiger partial charge on any atom is 0.246 e. The van der Waals surface area contributed by atoms with Crippen molar-refractivity contribution < 1.29 is 14.6 Å². The van der Waals surface area contributed by atoms with Gasteiger partial charge in [0.05, 0.1) is 18.8 Å². The molecule has 122 valence electrons. The molecule has 1 aliphatic rings. The number of aliphatic hydroxyl groups is 1. The van der Waals surface area contributed by atoms with Gasteiger partial charge >= 0.3 is 0 Å². The van der Waals surface area contributed by atoms with Gasteiger partial charge in [-0.2, -0.15) is 0 Å². The fourth-order valence-electron chi connectivity index (χ4n) is 2.89. The first-order valence-corrected chi connectivity index (χ1v) is 8.23. The highest BCUT2D eigenvalue weighted by molar-refractivity contribution is 6.30. The van der Waals surface area contributed by atoms with E-state index in [0.29, 0.717) is 10.9 Å². The topological polar surface area (TPSA) is 58.6 Å². The smallest absolute Gasteiger partial charge is 0.246 e. The van der Waals surface area contributed by atoms with Gasteiger partial charge in [0.2, 0.25) is 5.91 Å². The molecule has 0 aliphatic heterocycles. The number of amides is 1. The number of hydrogen-bond donors (Lipinski definition) is 2. The molecule has 0 radical (unpaired) electrons. The number of hydrogen-bond acceptors (Lipinski definition) is 3. The molecular formula is C17H24ClNO3. The van der Waals surface area contributed by atoms with Crippen molar-refractivity contribution in [3.05, 3.63) is 34.9 Å². The third kappa shape index (κ3) is 5.27. The van der Waals surface area contributed by atoms with Crippen molar-refractivity contribution in [2.75, 3.05) is 13.2 Å². The van der Waals surface area contributed by atoms with Gasteiger partial charge < -0.3 is 15.2 Å². The van der Waals surface area contributed by atoms with Gasteiger partial charge in [-0.1, -0.05) is 43.5 Å². The minimum absolute atomic E-state index is 0.0431. The van der Waals surface area contributed by atoms with E-state index in [4.69, 9.17) is 16.3 Å². The monoisotopic (exact) mass is 325 g/mol. The molecular weight excluding hydrogens is 302 g/mol. The standard InChI is InChI=1S/C17H24ClNO3/c1-12-3-2-4-15(9-12)22-11-17(21)19-16(10-20)13-5-7-14(18)8-6-13/h5-8,12,15-16,20H,2-4,9-11H2,1H3,(H,19,21). The Balaban J connectivity index is 1.80. The van der Waals surface area contributed by atoms with Crippen molar-refractivity contribution in [2.24, 2.45) is 5.92 Å². The lowest BCUT2D eigenvalue weighted by Gasteiger charge is -2.27. The zero-order valence-corrected chi connectivity index (χ0v) is 13.7. The van der Waals surface area contributed by atoms with Gasteiger partial charge in [0.1, 0.15) is 6.61 Å². The van der Waals surface area contributed by atoms with Crippen molar-refractivity contribution >= 4 is 17.5 Å². The fourth-order valence-corrected chi connectivity index (χ4v) is 3.01. The molecule has 5 heteroatoms. The normalized spacial score (nSPS) is 23.0. The molecule has 0 saturated heterocycles. The van der Waals surface area contributed by atoms with Crippen LogP contribution in [0.15, 0.2) is 24.3 Å². The molecule has 0 heterocycles. The Kier molecular flexibility index (Phi) is 6.68. The van der Waals surface area contributed by atoms with E-state index in [1.54, 1.807) is 24.3 Å². The van der Waals surface area contributed by atoms with Gasteiger partial charge in [-0.15, -0.1) is 0 Å². The Hall–Kier alpha value is -1.10. The van der Waals surface area contributed by atoms with Crippen LogP contribution in [0.2, 0.25) is 5.02 Å². The molecule has 1 aromatic rings. The molecule has 1 amide bonds. The third-order valence-corrected chi connectivity index (χ3v) is 4.38. The summed E-state index contributed by atoms with van der Waals surface area (Å²) in [5.41, 5.74) is 0.825. The summed E-state index contributed by atoms with van der Waals surface area (Å²) in [6.07, 6.45) is 4.64. The summed E-state index contributed by atoms with van der Waals surface area (Å²) in [5.74, 6) is 0.466. The van der Waals surface area contributed by atoms with Crippen LogP contribution in [0.3, 0.4) is 0 Å². The highest BCUT2D eigenvalue weighted by Gasteiger charge is 2.21. The van der Waals surface area contributed by atoms with E-state index < -0.39 is 6.04 Å². The van der Waals surface area contributed by atoms with E-state index in [-0.39, 0.29) is 25.2 Å². The van der Waals surface area contributed by atoms with Gasteiger partial charge in [0.25, 0.3) is 0 Å². The van der Waals surface area contributed by atoms with Gasteiger partial charge in [-0.05, 0) is 36.5 Å². The molecule has 1 aromatic carbocycles. The van der Waals surface area contributed by atoms with E-state index in [0.717, 1.165) is 24.8 Å². The van der Waals surface area contributed by atoms with E-state index in [1.807, 2.05) is 0 Å². The Labute approximate surface area is 136 Å². The highest BCUT2D eigenvalue weighted by Crippen LogP contribution is 2.25. The quantitative estimate of drug-likeness (QED) is 0.845. The molecule has 0 spiro atoms. The van der Waals surface area contributed by atoms with E-state index >= 15 is 0 Å². The van der Waals surface area contributed by atoms with Crippen LogP contribution in [0.25, 0.3) is 0 Å². The number of ether oxygens (including phenoxy) is 1. The maximum atomic E-state index is 12.0. The lowest BCUT2D eigenvalue weighted by Crippen LogP contribution is -2.35. The third-order valence-electron chi connectivity index (χ3n) is 4.13. The van der Waals surface area contributed by atoms with Crippen molar-refractivity contribution in [2.45, 2.75) is 44.8 Å². The second kappa shape index (κ2) is 8.51. The number of nitrogens with one attached hydrogen (secondary N) is 1. The minimum atomic E-state index is -0.432. The summed E-state index contributed by atoms with van der Waals surface area (Å²) in [4.78, 5) is 12.0. The van der Waals surface area contributed by atoms with Crippen LogP contribution in [-0.2, 0) is 9.53 Å². The van der Waals surface area contributed by atoms with Crippen LogP contribution in [0.4, 0.5) is 0 Å². The molecule has 22 heavy (non-hydrogen) atoms. The molecule has 2 rings (SSSR count). The van der Waals surface area contributed by atoms with Crippen molar-refractivity contribution in [3.63, 3.8) is 0 Å². The van der Waals surface area contributed by atoms with E-state index in [9.17, 15) is 9.90 Å². The molecule has 4 nitrogen and oxygen atoms in total. The van der Waals surface area contributed by atoms with Crippen LogP contribution in [0.5, 0.6) is 0 Å². The fraction of sp³-hybridized carbons (Fsp3) is 0.588. The van der Waals surface area contributed by atoms with Crippen molar-refractivity contribution in [3.8, 4) is 0 Å². The molecule has 1 saturated carbocycles. The predicted octanol–water partition coefficient (Wildman–Crippen LogP) is 3.08. The van der Waals surface area contributed by atoms with Gasteiger partial charge in [0.15, 0.2) is 0 Å². The largest absolute Gasteiger partial charge is 0.394 e.